The normalized spacial score (nSPS) is 22.1. The van der Waals surface area contributed by atoms with E-state index in [2.05, 4.69) is 66.4 Å². The molecule has 2 aromatic rings. The molecule has 1 saturated heterocycles. The summed E-state index contributed by atoms with van der Waals surface area (Å²) in [5.74, 6) is 0.345. The first-order valence-corrected chi connectivity index (χ1v) is 11.3. The molecule has 29 heavy (non-hydrogen) atoms. The highest BCUT2D eigenvalue weighted by molar-refractivity contribution is 5.34. The lowest BCUT2D eigenvalue weighted by molar-refractivity contribution is -0.0758. The standard InChI is InChI=1S/C26H35NO2/c1-21-12-14-24(15-13-21)26(28,23-10-6-3-7-11-23)25(22-8-4-2-5-9-22)20-27-16-18-29-19-17-27/h2,4-5,8-9,12-15,23,25,28H,3,6-7,10-11,16-20H2,1H3/t25-,26+/m1/s1. The molecule has 0 amide bonds. The van der Waals surface area contributed by atoms with Crippen LogP contribution in [0.25, 0.3) is 0 Å². The first-order valence-electron chi connectivity index (χ1n) is 11.3. The van der Waals surface area contributed by atoms with Crippen LogP contribution in [0.4, 0.5) is 0 Å². The van der Waals surface area contributed by atoms with Gasteiger partial charge in [-0.2, -0.15) is 0 Å². The first-order chi connectivity index (χ1) is 14.2. The Balaban J connectivity index is 1.76. The molecule has 1 aliphatic heterocycles. The predicted octanol–water partition coefficient (Wildman–Crippen LogP) is 4.88. The van der Waals surface area contributed by atoms with E-state index in [0.717, 1.165) is 51.3 Å². The minimum absolute atomic E-state index is 0.0487. The Hall–Kier alpha value is -1.68. The van der Waals surface area contributed by atoms with Crippen molar-refractivity contribution in [1.29, 1.82) is 0 Å². The average molecular weight is 394 g/mol. The third-order valence-corrected chi connectivity index (χ3v) is 7.02. The van der Waals surface area contributed by atoms with Crippen molar-refractivity contribution in [2.24, 2.45) is 5.92 Å². The molecular weight excluding hydrogens is 358 g/mol. The number of morpholine rings is 1. The Bertz CT molecular complexity index is 748. The Kier molecular flexibility index (Phi) is 6.69. The van der Waals surface area contributed by atoms with Crippen molar-refractivity contribution in [2.75, 3.05) is 32.8 Å². The van der Waals surface area contributed by atoms with Crippen LogP contribution in [0.5, 0.6) is 0 Å². The van der Waals surface area contributed by atoms with Crippen LogP contribution in [0.3, 0.4) is 0 Å². The maximum absolute atomic E-state index is 12.6. The molecule has 2 aromatic carbocycles. The fraction of sp³-hybridized carbons (Fsp3) is 0.538. The summed E-state index contributed by atoms with van der Waals surface area (Å²) in [6.07, 6.45) is 5.95. The van der Waals surface area contributed by atoms with Gasteiger partial charge in [-0.25, -0.2) is 0 Å². The number of benzene rings is 2. The SMILES string of the molecule is Cc1ccc([C@@](O)(C2CCCCC2)[C@H](CN2CCOCC2)c2ccccc2)cc1. The van der Waals surface area contributed by atoms with Crippen molar-refractivity contribution in [1.82, 2.24) is 4.90 Å². The second kappa shape index (κ2) is 9.42. The molecule has 2 fully saturated rings. The van der Waals surface area contributed by atoms with E-state index in [1.165, 1.54) is 30.4 Å². The number of ether oxygens (including phenoxy) is 1. The third kappa shape index (κ3) is 4.58. The molecule has 1 N–H and O–H groups in total. The summed E-state index contributed by atoms with van der Waals surface area (Å²) < 4.78 is 5.58. The number of rotatable bonds is 6. The molecule has 4 rings (SSSR count). The van der Waals surface area contributed by atoms with Crippen molar-refractivity contribution < 1.29 is 9.84 Å². The Morgan fingerprint density at radius 3 is 2.28 bits per heavy atom. The van der Waals surface area contributed by atoms with Crippen LogP contribution in [-0.4, -0.2) is 42.9 Å². The molecule has 1 saturated carbocycles. The number of hydrogen-bond acceptors (Lipinski definition) is 3. The molecular formula is C26H35NO2. The second-order valence-electron chi connectivity index (χ2n) is 8.90. The summed E-state index contributed by atoms with van der Waals surface area (Å²) in [5, 5.41) is 12.6. The molecule has 3 heteroatoms. The lowest BCUT2D eigenvalue weighted by atomic mass is 9.65. The van der Waals surface area contributed by atoms with E-state index >= 15 is 0 Å². The number of aryl methyl sites for hydroxylation is 1. The molecule has 0 bridgehead atoms. The van der Waals surface area contributed by atoms with Crippen LogP contribution in [0.15, 0.2) is 54.6 Å². The van der Waals surface area contributed by atoms with Crippen LogP contribution in [0, 0.1) is 12.8 Å². The summed E-state index contributed by atoms with van der Waals surface area (Å²) in [5.41, 5.74) is 2.71. The van der Waals surface area contributed by atoms with E-state index in [1.54, 1.807) is 0 Å². The van der Waals surface area contributed by atoms with Crippen molar-refractivity contribution in [3.05, 3.63) is 71.3 Å². The molecule has 0 radical (unpaired) electrons. The maximum Gasteiger partial charge on any atom is 0.100 e. The van der Waals surface area contributed by atoms with Gasteiger partial charge in [0.15, 0.2) is 0 Å². The van der Waals surface area contributed by atoms with E-state index in [9.17, 15) is 5.11 Å². The van der Waals surface area contributed by atoms with Crippen LogP contribution < -0.4 is 0 Å². The lowest BCUT2D eigenvalue weighted by Crippen LogP contribution is -2.48. The zero-order valence-electron chi connectivity index (χ0n) is 17.7. The van der Waals surface area contributed by atoms with Gasteiger partial charge in [-0.15, -0.1) is 0 Å². The predicted molar refractivity (Wildman–Crippen MR) is 118 cm³/mol. The fourth-order valence-corrected chi connectivity index (χ4v) is 5.31. The van der Waals surface area contributed by atoms with E-state index in [0.29, 0.717) is 5.92 Å². The van der Waals surface area contributed by atoms with Crippen molar-refractivity contribution in [3.8, 4) is 0 Å². The molecule has 0 aromatic heterocycles. The molecule has 0 unspecified atom stereocenters. The molecule has 2 atom stereocenters. The fourth-order valence-electron chi connectivity index (χ4n) is 5.31. The maximum atomic E-state index is 12.6. The minimum atomic E-state index is -0.853. The van der Waals surface area contributed by atoms with Gasteiger partial charge in [0.05, 0.1) is 13.2 Å². The Labute approximate surface area is 175 Å². The van der Waals surface area contributed by atoms with Crippen molar-refractivity contribution >= 4 is 0 Å². The summed E-state index contributed by atoms with van der Waals surface area (Å²) in [6, 6.07) is 19.3. The lowest BCUT2D eigenvalue weighted by Gasteiger charge is -2.46. The van der Waals surface area contributed by atoms with Crippen molar-refractivity contribution in [3.63, 3.8) is 0 Å². The van der Waals surface area contributed by atoms with Crippen LogP contribution >= 0.6 is 0 Å². The zero-order valence-corrected chi connectivity index (χ0v) is 17.7. The van der Waals surface area contributed by atoms with Gasteiger partial charge in [0, 0.05) is 25.6 Å². The van der Waals surface area contributed by atoms with Gasteiger partial charge in [-0.05, 0) is 36.8 Å². The summed E-state index contributed by atoms with van der Waals surface area (Å²) in [4.78, 5) is 2.48. The summed E-state index contributed by atoms with van der Waals surface area (Å²) >= 11 is 0. The Morgan fingerprint density at radius 2 is 1.62 bits per heavy atom. The van der Waals surface area contributed by atoms with Gasteiger partial charge in [0.25, 0.3) is 0 Å². The molecule has 0 spiro atoms. The minimum Gasteiger partial charge on any atom is -0.384 e. The summed E-state index contributed by atoms with van der Waals surface area (Å²) in [7, 11) is 0. The highest BCUT2D eigenvalue weighted by atomic mass is 16.5. The van der Waals surface area contributed by atoms with E-state index in [-0.39, 0.29) is 5.92 Å². The molecule has 2 aliphatic rings. The van der Waals surface area contributed by atoms with Crippen LogP contribution in [0.1, 0.15) is 54.7 Å². The smallest absolute Gasteiger partial charge is 0.100 e. The number of aliphatic hydroxyl groups is 1. The van der Waals surface area contributed by atoms with E-state index < -0.39 is 5.60 Å². The van der Waals surface area contributed by atoms with E-state index in [1.807, 2.05) is 0 Å². The van der Waals surface area contributed by atoms with Gasteiger partial charge < -0.3 is 9.84 Å². The monoisotopic (exact) mass is 393 g/mol. The molecule has 156 valence electrons. The Morgan fingerprint density at radius 1 is 0.966 bits per heavy atom. The van der Waals surface area contributed by atoms with Crippen molar-refractivity contribution in [2.45, 2.75) is 50.5 Å². The molecule has 3 nitrogen and oxygen atoms in total. The van der Waals surface area contributed by atoms with Crippen LogP contribution in [0.2, 0.25) is 0 Å². The second-order valence-corrected chi connectivity index (χ2v) is 8.90. The van der Waals surface area contributed by atoms with Crippen LogP contribution in [-0.2, 0) is 10.3 Å². The van der Waals surface area contributed by atoms with Gasteiger partial charge in [-0.3, -0.25) is 4.90 Å². The average Bonchev–Trinajstić information content (AvgIpc) is 2.79. The number of nitrogens with zero attached hydrogens (tertiary/aromatic N) is 1. The van der Waals surface area contributed by atoms with E-state index in [4.69, 9.17) is 4.74 Å². The zero-order chi connectivity index (χ0) is 20.1. The van der Waals surface area contributed by atoms with Gasteiger partial charge in [-0.1, -0.05) is 79.4 Å². The quantitative estimate of drug-likeness (QED) is 0.759. The summed E-state index contributed by atoms with van der Waals surface area (Å²) in [6.45, 7) is 6.44. The third-order valence-electron chi connectivity index (χ3n) is 7.02. The highest BCUT2D eigenvalue weighted by Crippen LogP contribution is 2.48. The highest BCUT2D eigenvalue weighted by Gasteiger charge is 2.46. The largest absolute Gasteiger partial charge is 0.384 e. The molecule has 1 aliphatic carbocycles. The number of hydrogen-bond donors (Lipinski definition) is 1. The molecule has 1 heterocycles. The first kappa shape index (κ1) is 20.6. The topological polar surface area (TPSA) is 32.7 Å². The van der Waals surface area contributed by atoms with Gasteiger partial charge in [0.1, 0.15) is 5.60 Å². The van der Waals surface area contributed by atoms with Gasteiger partial charge >= 0.3 is 0 Å². The van der Waals surface area contributed by atoms with Gasteiger partial charge in [0.2, 0.25) is 0 Å².